The highest BCUT2D eigenvalue weighted by Gasteiger charge is 2.32. The van der Waals surface area contributed by atoms with Crippen LogP contribution >= 0.6 is 0 Å². The number of nitrogens with one attached hydrogen (secondary N) is 1. The Balaban J connectivity index is 1.30. The van der Waals surface area contributed by atoms with Gasteiger partial charge in [-0.15, -0.1) is 0 Å². The van der Waals surface area contributed by atoms with Crippen molar-refractivity contribution in [3.05, 3.63) is 106 Å². The number of aromatic nitrogens is 3. The van der Waals surface area contributed by atoms with Crippen molar-refractivity contribution in [2.45, 2.75) is 18.9 Å². The smallest absolute Gasteiger partial charge is 0.284 e. The van der Waals surface area contributed by atoms with Crippen LogP contribution in [0.3, 0.4) is 0 Å². The van der Waals surface area contributed by atoms with Gasteiger partial charge in [-0.05, 0) is 55.3 Å². The van der Waals surface area contributed by atoms with Crippen molar-refractivity contribution in [2.75, 3.05) is 19.0 Å². The molecule has 1 amide bonds. The van der Waals surface area contributed by atoms with Crippen LogP contribution in [-0.4, -0.2) is 34.0 Å². The van der Waals surface area contributed by atoms with Gasteiger partial charge in [-0.3, -0.25) is 19.3 Å². The third kappa shape index (κ3) is 4.93. The number of pyridine rings is 1. The van der Waals surface area contributed by atoms with Crippen molar-refractivity contribution in [3.63, 3.8) is 0 Å². The van der Waals surface area contributed by atoms with Crippen LogP contribution in [0.25, 0.3) is 16.6 Å². The van der Waals surface area contributed by atoms with Crippen molar-refractivity contribution in [1.82, 2.24) is 14.3 Å². The molecule has 208 valence electrons. The van der Waals surface area contributed by atoms with Gasteiger partial charge >= 0.3 is 0 Å². The summed E-state index contributed by atoms with van der Waals surface area (Å²) in [4.78, 5) is 31.4. The molecule has 1 N–H and O–H groups in total. The molecule has 1 saturated heterocycles. The van der Waals surface area contributed by atoms with E-state index in [1.165, 1.54) is 16.8 Å². The van der Waals surface area contributed by atoms with E-state index in [-0.39, 0.29) is 17.0 Å². The topological polar surface area (TPSA) is 96.6 Å². The van der Waals surface area contributed by atoms with Crippen molar-refractivity contribution < 1.29 is 23.4 Å². The van der Waals surface area contributed by atoms with Crippen molar-refractivity contribution in [1.29, 1.82) is 0 Å². The Morgan fingerprint density at radius 1 is 1.07 bits per heavy atom. The molecule has 3 aromatic carbocycles. The molecule has 1 atom stereocenters. The second-order valence-corrected chi connectivity index (χ2v) is 9.63. The average molecular weight is 555 g/mol. The van der Waals surface area contributed by atoms with Gasteiger partial charge in [0.15, 0.2) is 11.6 Å². The largest absolute Gasteiger partial charge is 0.497 e. The van der Waals surface area contributed by atoms with E-state index in [4.69, 9.17) is 14.2 Å². The summed E-state index contributed by atoms with van der Waals surface area (Å²) in [7, 11) is 3.30. The van der Waals surface area contributed by atoms with Crippen LogP contribution in [0.5, 0.6) is 17.2 Å². The van der Waals surface area contributed by atoms with Gasteiger partial charge in [-0.2, -0.15) is 0 Å². The summed E-state index contributed by atoms with van der Waals surface area (Å²) in [5.74, 6) is -0.300. The third-order valence-corrected chi connectivity index (χ3v) is 7.09. The lowest BCUT2D eigenvalue weighted by molar-refractivity contribution is 0.0964. The minimum atomic E-state index is -0.685. The molecule has 5 aromatic rings. The van der Waals surface area contributed by atoms with Crippen LogP contribution in [0.4, 0.5) is 10.1 Å². The molecule has 0 aliphatic carbocycles. The molecule has 0 radical (unpaired) electrons. The molecule has 10 heteroatoms. The van der Waals surface area contributed by atoms with Gasteiger partial charge in [-0.25, -0.2) is 9.07 Å². The summed E-state index contributed by atoms with van der Waals surface area (Å²) in [5, 5.41) is 3.37. The van der Waals surface area contributed by atoms with Crippen LogP contribution in [0, 0.1) is 5.82 Å². The van der Waals surface area contributed by atoms with Gasteiger partial charge in [0.1, 0.15) is 23.2 Å². The molecular formula is C31H27FN4O5. The number of para-hydroxylation sites is 1. The second-order valence-electron chi connectivity index (χ2n) is 9.63. The number of hydrogen-bond donors (Lipinski definition) is 1. The number of hydrogen-bond acceptors (Lipinski definition) is 6. The predicted molar refractivity (Wildman–Crippen MR) is 152 cm³/mol. The Bertz CT molecular complexity index is 1810. The Morgan fingerprint density at radius 3 is 2.63 bits per heavy atom. The first-order valence-corrected chi connectivity index (χ1v) is 13.1. The molecule has 6 rings (SSSR count). The quantitative estimate of drug-likeness (QED) is 0.275. The highest BCUT2D eigenvalue weighted by molar-refractivity contribution is 6.05. The third-order valence-electron chi connectivity index (χ3n) is 7.09. The summed E-state index contributed by atoms with van der Waals surface area (Å²) in [6.45, 7) is 0.545. The lowest BCUT2D eigenvalue weighted by atomic mass is 10.1. The van der Waals surface area contributed by atoms with Crippen LogP contribution in [0.15, 0.2) is 83.8 Å². The zero-order valence-electron chi connectivity index (χ0n) is 22.5. The molecule has 9 nitrogen and oxygen atoms in total. The van der Waals surface area contributed by atoms with E-state index in [0.717, 1.165) is 12.5 Å². The normalized spacial score (nSPS) is 14.8. The van der Waals surface area contributed by atoms with Gasteiger partial charge in [-0.1, -0.05) is 18.2 Å². The number of halogens is 1. The lowest BCUT2D eigenvalue weighted by Crippen LogP contribution is -2.25. The molecule has 0 spiro atoms. The van der Waals surface area contributed by atoms with Gasteiger partial charge in [0, 0.05) is 43.1 Å². The number of rotatable bonds is 7. The number of carbonyl (C=O) groups is 1. The molecule has 0 unspecified atom stereocenters. The number of anilines is 1. The minimum Gasteiger partial charge on any atom is -0.497 e. The number of methoxy groups -OCH3 is 1. The Kier molecular flexibility index (Phi) is 6.98. The molecule has 0 bridgehead atoms. The summed E-state index contributed by atoms with van der Waals surface area (Å²) in [6, 6.07) is 20.1. The summed E-state index contributed by atoms with van der Waals surface area (Å²) in [6.07, 6.45) is 2.67. The second kappa shape index (κ2) is 10.9. The van der Waals surface area contributed by atoms with E-state index in [1.807, 2.05) is 18.2 Å². The number of fused-ring (bicyclic) bond motifs is 1. The first-order valence-electron chi connectivity index (χ1n) is 13.1. The fourth-order valence-electron chi connectivity index (χ4n) is 5.15. The van der Waals surface area contributed by atoms with Crippen LogP contribution in [-0.2, 0) is 11.8 Å². The van der Waals surface area contributed by atoms with Crippen LogP contribution < -0.4 is 20.3 Å². The van der Waals surface area contributed by atoms with E-state index >= 15 is 4.39 Å². The Hall–Kier alpha value is -4.96. The first kappa shape index (κ1) is 26.3. The number of benzene rings is 3. The Labute approximate surface area is 234 Å². The SMILES string of the molecule is COc1ccc2c(Oc3ccc(NC(=O)c4c([C@H]5CCCO5)n(C)n(-c5ccccc5)c4=O)cc3F)ccnc2c1. The van der Waals surface area contributed by atoms with E-state index in [1.54, 1.807) is 61.4 Å². The molecular weight excluding hydrogens is 527 g/mol. The zero-order chi connectivity index (χ0) is 28.5. The van der Waals surface area contributed by atoms with Gasteiger partial charge in [0.05, 0.1) is 24.0 Å². The van der Waals surface area contributed by atoms with Gasteiger partial charge in [0.25, 0.3) is 11.5 Å². The molecule has 1 aliphatic rings. The maximum absolute atomic E-state index is 15.2. The molecule has 41 heavy (non-hydrogen) atoms. The number of amides is 1. The molecule has 1 aliphatic heterocycles. The van der Waals surface area contributed by atoms with E-state index in [2.05, 4.69) is 10.3 Å². The van der Waals surface area contributed by atoms with Gasteiger partial charge in [0.2, 0.25) is 0 Å². The van der Waals surface area contributed by atoms with Gasteiger partial charge < -0.3 is 19.5 Å². The number of nitrogens with zero attached hydrogens (tertiary/aromatic N) is 3. The summed E-state index contributed by atoms with van der Waals surface area (Å²) >= 11 is 0. The van der Waals surface area contributed by atoms with E-state index < -0.39 is 23.4 Å². The van der Waals surface area contributed by atoms with Crippen molar-refractivity contribution >= 4 is 22.5 Å². The van der Waals surface area contributed by atoms with Crippen LogP contribution in [0.2, 0.25) is 0 Å². The molecule has 1 fully saturated rings. The average Bonchev–Trinajstić information content (AvgIpc) is 3.60. The first-order chi connectivity index (χ1) is 19.9. The maximum atomic E-state index is 15.2. The number of ether oxygens (including phenoxy) is 3. The van der Waals surface area contributed by atoms with Crippen LogP contribution in [0.1, 0.15) is 35.0 Å². The lowest BCUT2D eigenvalue weighted by Gasteiger charge is -2.15. The molecule has 0 saturated carbocycles. The molecule has 2 aromatic heterocycles. The summed E-state index contributed by atoms with van der Waals surface area (Å²) in [5.41, 5.74) is 1.39. The maximum Gasteiger partial charge on any atom is 0.284 e. The number of carbonyl (C=O) groups excluding carboxylic acids is 1. The minimum absolute atomic E-state index is 0.0301. The highest BCUT2D eigenvalue weighted by atomic mass is 19.1. The highest BCUT2D eigenvalue weighted by Crippen LogP contribution is 2.34. The predicted octanol–water partition coefficient (Wildman–Crippen LogP) is 5.77. The fraction of sp³-hybridized carbons (Fsp3) is 0.194. The zero-order valence-corrected chi connectivity index (χ0v) is 22.5. The Morgan fingerprint density at radius 2 is 1.90 bits per heavy atom. The van der Waals surface area contributed by atoms with E-state index in [0.29, 0.717) is 46.8 Å². The van der Waals surface area contributed by atoms with E-state index in [9.17, 15) is 9.59 Å². The van der Waals surface area contributed by atoms with Crippen molar-refractivity contribution in [2.24, 2.45) is 7.05 Å². The fourth-order valence-corrected chi connectivity index (χ4v) is 5.15. The standard InChI is InChI=1S/C31H27FN4O5/c1-35-29(27-9-6-16-40-27)28(31(38)36(35)20-7-4-3-5-8-20)30(37)34-19-10-13-26(23(32)17-19)41-25-14-15-33-24-18-21(39-2)11-12-22(24)25/h3-5,7-8,10-15,17-18,27H,6,9,16H2,1-2H3,(H,34,37)/t27-/m1/s1. The monoisotopic (exact) mass is 554 g/mol. The summed E-state index contributed by atoms with van der Waals surface area (Å²) < 4.78 is 35.3. The van der Waals surface area contributed by atoms with Crippen molar-refractivity contribution in [3.8, 4) is 22.9 Å². The molecule has 3 heterocycles.